The minimum atomic E-state index is -0.213. The van der Waals surface area contributed by atoms with Crippen LogP contribution in [0.15, 0.2) is 54.6 Å². The second-order valence-electron chi connectivity index (χ2n) is 7.51. The predicted molar refractivity (Wildman–Crippen MR) is 142 cm³/mol. The Balaban J connectivity index is -0.000000443. The van der Waals surface area contributed by atoms with Crippen LogP contribution in [0.4, 0.5) is 5.69 Å². The van der Waals surface area contributed by atoms with Gasteiger partial charge < -0.3 is 39.5 Å². The van der Waals surface area contributed by atoms with Crippen molar-refractivity contribution in [3.05, 3.63) is 80.1 Å². The molecule has 0 aromatic heterocycles. The van der Waals surface area contributed by atoms with E-state index in [1.54, 1.807) is 30.7 Å². The molecule has 0 radical (unpaired) electrons. The normalized spacial score (nSPS) is 13.1. The van der Waals surface area contributed by atoms with Crippen LogP contribution in [-0.2, 0) is 30.7 Å². The first-order valence-corrected chi connectivity index (χ1v) is 11.3. The fraction of sp³-hybridized carbons (Fsp3) is 0.407. The summed E-state index contributed by atoms with van der Waals surface area (Å²) in [5.41, 5.74) is 2.04. The molecule has 1 saturated heterocycles. The molecule has 192 valence electrons. The molecular weight excluding hydrogens is 618 g/mol. The van der Waals surface area contributed by atoms with E-state index < -0.39 is 0 Å². The molecule has 2 rings (SSSR count). The number of rotatable bonds is 8. The summed E-state index contributed by atoms with van der Waals surface area (Å²) in [7, 11) is 0. The molecule has 0 atom stereocenters. The van der Waals surface area contributed by atoms with Gasteiger partial charge in [0, 0.05) is 38.7 Å². The molecule has 0 bridgehead atoms. The summed E-state index contributed by atoms with van der Waals surface area (Å²) in [6.45, 7) is 16.3. The second kappa shape index (κ2) is 24.3. The van der Waals surface area contributed by atoms with E-state index in [4.69, 9.17) is 11.6 Å². The Labute approximate surface area is 227 Å². The average Bonchev–Trinajstić information content (AvgIpc) is 2.75. The smallest absolute Gasteiger partial charge is 0.0799 e. The van der Waals surface area contributed by atoms with Crippen molar-refractivity contribution in [2.45, 2.75) is 52.5 Å². The third-order valence-electron chi connectivity index (χ3n) is 4.42. The number of amides is 2. The van der Waals surface area contributed by atoms with E-state index in [9.17, 15) is 9.59 Å². The predicted octanol–water partition coefficient (Wildman–Crippen LogP) is 5.97. The van der Waals surface area contributed by atoms with Gasteiger partial charge in [-0.15, -0.1) is 29.5 Å². The number of halogens is 1. The zero-order chi connectivity index (χ0) is 24.2. The number of nitrogens with zero attached hydrogens (tertiary/aromatic N) is 1. The molecule has 1 fully saturated rings. The first-order chi connectivity index (χ1) is 15.3. The van der Waals surface area contributed by atoms with E-state index in [1.165, 1.54) is 44.5 Å². The van der Waals surface area contributed by atoms with E-state index in [1.807, 2.05) is 19.9 Å². The third kappa shape index (κ3) is 22.0. The number of nitrogens with one attached hydrogen (secondary N) is 2. The molecule has 1 aliphatic rings. The van der Waals surface area contributed by atoms with Gasteiger partial charge in [0.05, 0.1) is 12.3 Å². The molecule has 1 aromatic carbocycles. The monoisotopic (exact) mass is 657 g/mol. The van der Waals surface area contributed by atoms with Crippen molar-refractivity contribution in [1.82, 2.24) is 10.2 Å². The fourth-order valence-corrected chi connectivity index (χ4v) is 3.10. The number of anilines is 1. The maximum Gasteiger partial charge on any atom is 0.0799 e. The number of hydrogen-bond donors (Lipinski definition) is 2. The van der Waals surface area contributed by atoms with Crippen LogP contribution in [-0.4, -0.2) is 42.9 Å². The Hall–Kier alpha value is -1.81. The van der Waals surface area contributed by atoms with Gasteiger partial charge in [0.2, 0.25) is 0 Å². The zero-order valence-corrected chi connectivity index (χ0v) is 24.7. The summed E-state index contributed by atoms with van der Waals surface area (Å²) in [6, 6.07) is 7.08. The van der Waals surface area contributed by atoms with Crippen LogP contribution < -0.4 is 10.6 Å². The van der Waals surface area contributed by atoms with Crippen molar-refractivity contribution in [1.29, 1.82) is 0 Å². The molecule has 7 heteroatoms. The number of carbonyl (C=O) groups excluding carboxylic acids is 2. The number of piperidine rings is 1. The molecule has 2 amide bonds. The van der Waals surface area contributed by atoms with Gasteiger partial charge in [-0.05, 0) is 59.2 Å². The van der Waals surface area contributed by atoms with Crippen molar-refractivity contribution in [3.63, 3.8) is 0 Å². The van der Waals surface area contributed by atoms with Gasteiger partial charge in [0.25, 0.3) is 0 Å². The summed E-state index contributed by atoms with van der Waals surface area (Å²) in [5, 5.41) is 5.51. The van der Waals surface area contributed by atoms with Gasteiger partial charge in [-0.3, -0.25) is 6.08 Å². The molecule has 1 aromatic rings. The first-order valence-electron chi connectivity index (χ1n) is 10.9. The molecule has 34 heavy (non-hydrogen) atoms. The van der Waals surface area contributed by atoms with Crippen molar-refractivity contribution in [2.75, 3.05) is 25.0 Å². The largest absolute Gasteiger partial charge is 0.490 e. The van der Waals surface area contributed by atoms with Crippen LogP contribution in [0.2, 0.25) is 5.02 Å². The molecular formula is C27H40ClN3O2W-4. The van der Waals surface area contributed by atoms with Crippen molar-refractivity contribution >= 4 is 29.6 Å². The first kappa shape index (κ1) is 36.8. The van der Waals surface area contributed by atoms with Crippen LogP contribution in [0.5, 0.6) is 0 Å². The Kier molecular flexibility index (Phi) is 26.3. The van der Waals surface area contributed by atoms with Gasteiger partial charge in [-0.2, -0.15) is 6.58 Å². The Morgan fingerprint density at radius 2 is 1.94 bits per heavy atom. The molecule has 0 aliphatic carbocycles. The molecule has 1 aliphatic heterocycles. The van der Waals surface area contributed by atoms with Gasteiger partial charge in [-0.1, -0.05) is 24.1 Å². The molecule has 1 heterocycles. The molecule has 0 saturated carbocycles. The summed E-state index contributed by atoms with van der Waals surface area (Å²) in [4.78, 5) is 22.4. The summed E-state index contributed by atoms with van der Waals surface area (Å²) >= 11 is 5.61. The molecule has 0 unspecified atom stereocenters. The van der Waals surface area contributed by atoms with Gasteiger partial charge >= 0.3 is 0 Å². The van der Waals surface area contributed by atoms with E-state index in [0.29, 0.717) is 10.7 Å². The number of benzene rings is 1. The fourth-order valence-electron chi connectivity index (χ4n) is 2.91. The van der Waals surface area contributed by atoms with E-state index in [0.717, 1.165) is 6.42 Å². The maximum atomic E-state index is 10.0. The van der Waals surface area contributed by atoms with Gasteiger partial charge in [0.15, 0.2) is 0 Å². The Morgan fingerprint density at radius 1 is 1.29 bits per heavy atom. The minimum Gasteiger partial charge on any atom is -0.490 e. The van der Waals surface area contributed by atoms with Crippen molar-refractivity contribution in [2.24, 2.45) is 0 Å². The summed E-state index contributed by atoms with van der Waals surface area (Å²) in [5.74, 6) is -0.213. The van der Waals surface area contributed by atoms with E-state index in [-0.39, 0.29) is 40.4 Å². The molecule has 0 spiro atoms. The van der Waals surface area contributed by atoms with Crippen LogP contribution in [0.25, 0.3) is 0 Å². The summed E-state index contributed by atoms with van der Waals surface area (Å²) < 4.78 is 0. The topological polar surface area (TPSA) is 61.4 Å². The quantitative estimate of drug-likeness (QED) is 0.206. The number of allylic oxidation sites excluding steroid dienone is 4. The Bertz CT molecular complexity index is 730. The summed E-state index contributed by atoms with van der Waals surface area (Å²) in [6.07, 6.45) is 15.8. The van der Waals surface area contributed by atoms with Crippen LogP contribution in [0.3, 0.4) is 0 Å². The van der Waals surface area contributed by atoms with Crippen LogP contribution in [0, 0.1) is 20.4 Å². The van der Waals surface area contributed by atoms with Crippen molar-refractivity contribution < 1.29 is 30.7 Å². The number of likely N-dealkylation sites (tertiary alicyclic amines) is 1. The number of hydrogen-bond acceptors (Lipinski definition) is 3. The minimum absolute atomic E-state index is 0. The maximum absolute atomic E-state index is 10.0. The van der Waals surface area contributed by atoms with Crippen molar-refractivity contribution in [3.8, 4) is 0 Å². The standard InChI is InChI=1S/C14H22N.C7H5ClNO.C5H10NO.CH3.W/c1-3-5-9-14(4-2)10-13-15-11-7-6-8-12-15;8-6-2-1-3-7(4-6)9-5-10;1-4(2)6-5(3)7;;/h4-5,9H,1,6-8,10-13H2,2H3;1-4H,(H,9,10);4H,3H2,1-2H3,(H,6,7);1H3;/q4*-1;/b9-5-,14-4+;;;;. The van der Waals surface area contributed by atoms with Crippen LogP contribution >= 0.6 is 11.6 Å². The SMILES string of the molecule is C=[C-]/C=C\C(=C/C)CCN1CCCCC1.O=[C-]Nc1cccc(Cl)c1.[CH2-]C(=O)NC(C)C.[CH3-].[W]. The van der Waals surface area contributed by atoms with Gasteiger partial charge in [-0.25, -0.2) is 12.2 Å². The molecule has 2 N–H and O–H groups in total. The Morgan fingerprint density at radius 3 is 2.38 bits per heavy atom. The van der Waals surface area contributed by atoms with E-state index in [2.05, 4.69) is 54.2 Å². The van der Waals surface area contributed by atoms with Crippen LogP contribution in [0.1, 0.15) is 46.5 Å². The van der Waals surface area contributed by atoms with Gasteiger partial charge in [0.1, 0.15) is 0 Å². The number of carbonyl (C=O) groups is 1. The van der Waals surface area contributed by atoms with E-state index >= 15 is 0 Å². The zero-order valence-electron chi connectivity index (χ0n) is 21.0. The average molecular weight is 658 g/mol. The second-order valence-corrected chi connectivity index (χ2v) is 7.95. The third-order valence-corrected chi connectivity index (χ3v) is 4.66. The molecule has 5 nitrogen and oxygen atoms in total.